The fraction of sp³-hybridized carbons (Fsp3) is 0.929. The summed E-state index contributed by atoms with van der Waals surface area (Å²) in [5, 5.41) is 3.20. The van der Waals surface area contributed by atoms with Crippen LogP contribution in [0.4, 0.5) is 0 Å². The van der Waals surface area contributed by atoms with E-state index in [4.69, 9.17) is 10.5 Å². The maximum atomic E-state index is 11.5. The zero-order valence-electron chi connectivity index (χ0n) is 12.8. The van der Waals surface area contributed by atoms with Gasteiger partial charge in [-0.15, -0.1) is 0 Å². The van der Waals surface area contributed by atoms with E-state index in [9.17, 15) is 4.79 Å². The molecule has 1 heterocycles. The van der Waals surface area contributed by atoms with Gasteiger partial charge in [-0.1, -0.05) is 6.92 Å². The lowest BCUT2D eigenvalue weighted by molar-refractivity contribution is -0.124. The molecule has 1 atom stereocenters. The largest absolute Gasteiger partial charge is 0.378 e. The summed E-state index contributed by atoms with van der Waals surface area (Å²) in [4.78, 5) is 14.0. The maximum absolute atomic E-state index is 11.5. The zero-order chi connectivity index (χ0) is 14.5. The Morgan fingerprint density at radius 2 is 2.21 bits per heavy atom. The lowest BCUT2D eigenvalue weighted by Gasteiger charge is -2.42. The van der Waals surface area contributed by atoms with Crippen molar-refractivity contribution in [3.63, 3.8) is 0 Å². The standard InChI is InChI=1S/C14H29N3O2/c1-5-16-14(4,12(15)18)7-6-8-17-9-10-19-11-13(17,2)3/h16H,5-11H2,1-4H3,(H2,15,18). The Labute approximate surface area is 116 Å². The van der Waals surface area contributed by atoms with Crippen LogP contribution in [-0.4, -0.2) is 54.7 Å². The van der Waals surface area contributed by atoms with E-state index in [2.05, 4.69) is 24.1 Å². The number of nitrogens with two attached hydrogens (primary N) is 1. The first-order valence-corrected chi connectivity index (χ1v) is 7.19. The molecular formula is C14H29N3O2. The van der Waals surface area contributed by atoms with E-state index in [1.54, 1.807) is 0 Å². The zero-order valence-corrected chi connectivity index (χ0v) is 12.8. The Bertz CT molecular complexity index is 307. The van der Waals surface area contributed by atoms with Crippen LogP contribution in [0.15, 0.2) is 0 Å². The quantitative estimate of drug-likeness (QED) is 0.716. The van der Waals surface area contributed by atoms with Crippen LogP contribution >= 0.6 is 0 Å². The lowest BCUT2D eigenvalue weighted by atomic mass is 9.93. The van der Waals surface area contributed by atoms with E-state index in [1.165, 1.54) is 0 Å². The number of hydrogen-bond donors (Lipinski definition) is 2. The molecule has 0 bridgehead atoms. The second-order valence-corrected chi connectivity index (χ2v) is 6.18. The summed E-state index contributed by atoms with van der Waals surface area (Å²) < 4.78 is 5.51. The number of carbonyl (C=O) groups excluding carboxylic acids is 1. The first kappa shape index (κ1) is 16.4. The summed E-state index contributed by atoms with van der Waals surface area (Å²) in [6.07, 6.45) is 1.72. The Hall–Kier alpha value is -0.650. The first-order valence-electron chi connectivity index (χ1n) is 7.19. The Morgan fingerprint density at radius 3 is 2.74 bits per heavy atom. The van der Waals surface area contributed by atoms with Crippen molar-refractivity contribution in [1.29, 1.82) is 0 Å². The molecule has 5 heteroatoms. The van der Waals surface area contributed by atoms with Gasteiger partial charge in [-0.3, -0.25) is 9.69 Å². The summed E-state index contributed by atoms with van der Waals surface area (Å²) in [5.41, 5.74) is 4.99. The summed E-state index contributed by atoms with van der Waals surface area (Å²) in [5.74, 6) is -0.268. The Balaban J connectivity index is 2.45. The molecule has 1 rings (SSSR count). The van der Waals surface area contributed by atoms with Crippen LogP contribution < -0.4 is 11.1 Å². The fourth-order valence-corrected chi connectivity index (χ4v) is 2.62. The number of amides is 1. The highest BCUT2D eigenvalue weighted by molar-refractivity contribution is 5.84. The van der Waals surface area contributed by atoms with Crippen LogP contribution in [0.5, 0.6) is 0 Å². The molecule has 1 unspecified atom stereocenters. The number of rotatable bonds is 7. The summed E-state index contributed by atoms with van der Waals surface area (Å²) in [6.45, 7) is 12.5. The second kappa shape index (κ2) is 6.68. The Morgan fingerprint density at radius 1 is 1.53 bits per heavy atom. The smallest absolute Gasteiger partial charge is 0.237 e. The van der Waals surface area contributed by atoms with Crippen molar-refractivity contribution < 1.29 is 9.53 Å². The fourth-order valence-electron chi connectivity index (χ4n) is 2.62. The molecule has 0 radical (unpaired) electrons. The molecule has 0 spiro atoms. The molecule has 0 saturated carbocycles. The molecule has 1 amide bonds. The average Bonchev–Trinajstić information content (AvgIpc) is 2.31. The number of morpholine rings is 1. The van der Waals surface area contributed by atoms with Gasteiger partial charge in [0.1, 0.15) is 0 Å². The van der Waals surface area contributed by atoms with Gasteiger partial charge in [-0.25, -0.2) is 0 Å². The minimum atomic E-state index is -0.592. The molecule has 1 aliphatic heterocycles. The van der Waals surface area contributed by atoms with Gasteiger partial charge in [0.05, 0.1) is 18.8 Å². The van der Waals surface area contributed by atoms with Crippen LogP contribution in [0.1, 0.15) is 40.5 Å². The highest BCUT2D eigenvalue weighted by Crippen LogP contribution is 2.21. The highest BCUT2D eigenvalue weighted by Gasteiger charge is 2.32. The summed E-state index contributed by atoms with van der Waals surface area (Å²) >= 11 is 0. The van der Waals surface area contributed by atoms with Gasteiger partial charge in [0.25, 0.3) is 0 Å². The Kier molecular flexibility index (Phi) is 5.77. The van der Waals surface area contributed by atoms with Gasteiger partial charge < -0.3 is 15.8 Å². The second-order valence-electron chi connectivity index (χ2n) is 6.18. The number of nitrogens with zero attached hydrogens (tertiary/aromatic N) is 1. The van der Waals surface area contributed by atoms with E-state index >= 15 is 0 Å². The van der Waals surface area contributed by atoms with E-state index in [1.807, 2.05) is 13.8 Å². The number of likely N-dealkylation sites (N-methyl/N-ethyl adjacent to an activating group) is 1. The summed E-state index contributed by atoms with van der Waals surface area (Å²) in [6, 6.07) is 0. The highest BCUT2D eigenvalue weighted by atomic mass is 16.5. The number of ether oxygens (including phenoxy) is 1. The normalized spacial score (nSPS) is 22.9. The molecule has 0 aliphatic carbocycles. The van der Waals surface area contributed by atoms with Crippen LogP contribution in [0, 0.1) is 0 Å². The monoisotopic (exact) mass is 271 g/mol. The SMILES string of the molecule is CCNC(C)(CCCN1CCOCC1(C)C)C(N)=O. The van der Waals surface area contributed by atoms with Crippen molar-refractivity contribution >= 4 is 5.91 Å². The number of hydrogen-bond acceptors (Lipinski definition) is 4. The molecule has 5 nitrogen and oxygen atoms in total. The number of carbonyl (C=O) groups is 1. The van der Waals surface area contributed by atoms with E-state index in [-0.39, 0.29) is 11.4 Å². The van der Waals surface area contributed by atoms with Crippen molar-refractivity contribution in [2.45, 2.75) is 51.6 Å². The molecule has 0 aromatic rings. The van der Waals surface area contributed by atoms with Gasteiger partial charge >= 0.3 is 0 Å². The van der Waals surface area contributed by atoms with Crippen LogP contribution in [-0.2, 0) is 9.53 Å². The molecular weight excluding hydrogens is 242 g/mol. The summed E-state index contributed by atoms with van der Waals surface area (Å²) in [7, 11) is 0. The molecule has 1 fully saturated rings. The van der Waals surface area contributed by atoms with Gasteiger partial charge in [0.2, 0.25) is 5.91 Å². The minimum Gasteiger partial charge on any atom is -0.378 e. The molecule has 1 saturated heterocycles. The third kappa shape index (κ3) is 4.44. The van der Waals surface area contributed by atoms with Crippen molar-refractivity contribution in [2.75, 3.05) is 32.8 Å². The number of nitrogens with one attached hydrogen (secondary N) is 1. The molecule has 19 heavy (non-hydrogen) atoms. The maximum Gasteiger partial charge on any atom is 0.237 e. The van der Waals surface area contributed by atoms with E-state index in [0.717, 1.165) is 45.7 Å². The third-order valence-electron chi connectivity index (χ3n) is 4.03. The number of primary amides is 1. The van der Waals surface area contributed by atoms with Crippen molar-refractivity contribution in [3.8, 4) is 0 Å². The van der Waals surface area contributed by atoms with Crippen molar-refractivity contribution in [1.82, 2.24) is 10.2 Å². The van der Waals surface area contributed by atoms with E-state index in [0.29, 0.717) is 0 Å². The topological polar surface area (TPSA) is 67.6 Å². The van der Waals surface area contributed by atoms with Gasteiger partial charge in [0, 0.05) is 12.1 Å². The van der Waals surface area contributed by atoms with Crippen molar-refractivity contribution in [3.05, 3.63) is 0 Å². The van der Waals surface area contributed by atoms with Gasteiger partial charge in [0.15, 0.2) is 0 Å². The molecule has 0 aromatic carbocycles. The molecule has 3 N–H and O–H groups in total. The van der Waals surface area contributed by atoms with Crippen molar-refractivity contribution in [2.24, 2.45) is 5.73 Å². The molecule has 0 aromatic heterocycles. The lowest BCUT2D eigenvalue weighted by Crippen LogP contribution is -2.55. The van der Waals surface area contributed by atoms with Gasteiger partial charge in [-0.2, -0.15) is 0 Å². The molecule has 1 aliphatic rings. The van der Waals surface area contributed by atoms with E-state index < -0.39 is 5.54 Å². The third-order valence-corrected chi connectivity index (χ3v) is 4.03. The predicted octanol–water partition coefficient (Wildman–Crippen LogP) is 0.731. The van der Waals surface area contributed by atoms with Crippen LogP contribution in [0.25, 0.3) is 0 Å². The van der Waals surface area contributed by atoms with Gasteiger partial charge in [-0.05, 0) is 46.7 Å². The molecule has 112 valence electrons. The predicted molar refractivity (Wildman–Crippen MR) is 77.0 cm³/mol. The van der Waals surface area contributed by atoms with Crippen LogP contribution in [0.3, 0.4) is 0 Å². The minimum absolute atomic E-state index is 0.0829. The van der Waals surface area contributed by atoms with Crippen LogP contribution in [0.2, 0.25) is 0 Å². The first-order chi connectivity index (χ1) is 8.82. The average molecular weight is 271 g/mol.